The van der Waals surface area contributed by atoms with Gasteiger partial charge in [-0.15, -0.1) is 0 Å². The molecule has 1 atom stereocenters. The Balaban J connectivity index is 0.00000432. The number of methoxy groups -OCH3 is 1. The molecule has 1 heterocycles. The number of nitrogens with zero attached hydrogens (tertiary/aromatic N) is 2. The fraction of sp³-hybridized carbons (Fsp3) is 0.318. The minimum Gasteiger partial charge on any atom is -0.683 e. The normalized spacial score (nSPS) is 17.4. The van der Waals surface area contributed by atoms with E-state index in [1.54, 1.807) is 0 Å². The summed E-state index contributed by atoms with van der Waals surface area (Å²) in [7, 11) is 1.32. The molecule has 0 saturated heterocycles. The van der Waals surface area contributed by atoms with Gasteiger partial charge in [-0.2, -0.15) is 11.3 Å². The van der Waals surface area contributed by atoms with Gasteiger partial charge in [-0.25, -0.2) is 8.78 Å². The molecule has 1 fully saturated rings. The molecule has 1 aromatic rings. The molecule has 9 nitrogen and oxygen atoms in total. The molecule has 35 heavy (non-hydrogen) atoms. The number of ether oxygens (including phenoxy) is 1. The number of benzene rings is 1. The van der Waals surface area contributed by atoms with E-state index in [9.17, 15) is 23.5 Å². The Hall–Kier alpha value is -2.62. The number of aliphatic hydroxyl groups excluding tert-OH is 1. The maximum absolute atomic E-state index is 13.3. The van der Waals surface area contributed by atoms with Crippen LogP contribution >= 0.6 is 11.8 Å². The van der Waals surface area contributed by atoms with Gasteiger partial charge in [-0.3, -0.25) is 20.3 Å². The molecule has 0 spiro atoms. The molecule has 0 bridgehead atoms. The first-order valence-corrected chi connectivity index (χ1v) is 11.0. The second kappa shape index (κ2) is 13.5. The quantitative estimate of drug-likeness (QED) is 0.162. The third kappa shape index (κ3) is 8.23. The standard InChI is InChI=1S/C22H22F2N5O4S.Y/c1-33-17-6-5-13(20(23)24)8-14(17)15(9-26-10-18(25)31)16(11-30)21(32)27-22-29-28-19(34-22)7-4-12-2-3-12;/h5-6,8-9,11-12,19-20,28H,2-3,10H2,1H3,(H2,25,31)(H2,27,29,30,32);/q-1;/b15-9-;. The summed E-state index contributed by atoms with van der Waals surface area (Å²) in [4.78, 5) is 24.1. The molecule has 1 unspecified atom stereocenters. The Morgan fingerprint density at radius 3 is 2.77 bits per heavy atom. The fourth-order valence-electron chi connectivity index (χ4n) is 2.82. The molecule has 1 saturated carbocycles. The summed E-state index contributed by atoms with van der Waals surface area (Å²) in [6.07, 6.45) is 0.948. The number of aliphatic hydroxyl groups is 1. The average Bonchev–Trinajstić information content (AvgIpc) is 3.54. The molecular weight excluding hydrogens is 557 g/mol. The predicted octanol–water partition coefficient (Wildman–Crippen LogP) is 2.74. The summed E-state index contributed by atoms with van der Waals surface area (Å²) in [6.45, 7) is -0.422. The van der Waals surface area contributed by atoms with Crippen LogP contribution in [0, 0.1) is 17.8 Å². The molecule has 1 aliphatic carbocycles. The average molecular weight is 579 g/mol. The van der Waals surface area contributed by atoms with E-state index in [2.05, 4.69) is 33.0 Å². The predicted molar refractivity (Wildman–Crippen MR) is 125 cm³/mol. The van der Waals surface area contributed by atoms with Crippen molar-refractivity contribution < 1.29 is 60.9 Å². The first-order chi connectivity index (χ1) is 16.3. The van der Waals surface area contributed by atoms with Gasteiger partial charge >= 0.3 is 0 Å². The number of carbonyl (C=O) groups excluding carboxylic acids is 2. The summed E-state index contributed by atoms with van der Waals surface area (Å²) in [5, 5.41) is 20.2. The molecule has 2 aliphatic rings. The Kier molecular flexibility index (Phi) is 11.0. The third-order valence-electron chi connectivity index (χ3n) is 4.63. The van der Waals surface area contributed by atoms with Crippen molar-refractivity contribution in [3.8, 4) is 17.6 Å². The van der Waals surface area contributed by atoms with Gasteiger partial charge in [-0.1, -0.05) is 11.8 Å². The van der Waals surface area contributed by atoms with Gasteiger partial charge in [0.25, 0.3) is 12.3 Å². The number of amides is 2. The molecule has 3 rings (SSSR count). The molecule has 1 radical (unpaired) electrons. The van der Waals surface area contributed by atoms with E-state index < -0.39 is 24.8 Å². The number of nitrogens with two attached hydrogens (primary N) is 1. The van der Waals surface area contributed by atoms with Crippen LogP contribution in [0.15, 0.2) is 41.3 Å². The van der Waals surface area contributed by atoms with Gasteiger partial charge in [0.2, 0.25) is 0 Å². The van der Waals surface area contributed by atoms with Crippen LogP contribution in [0.4, 0.5) is 8.78 Å². The van der Waals surface area contributed by atoms with Gasteiger partial charge in [0.1, 0.15) is 5.75 Å². The van der Waals surface area contributed by atoms with E-state index in [1.807, 2.05) is 0 Å². The maximum atomic E-state index is 13.3. The fourth-order valence-corrected chi connectivity index (χ4v) is 3.53. The topological polar surface area (TPSA) is 140 Å². The summed E-state index contributed by atoms with van der Waals surface area (Å²) in [5.41, 5.74) is 7.22. The summed E-state index contributed by atoms with van der Waals surface area (Å²) in [6, 6.07) is 3.58. The van der Waals surface area contributed by atoms with Crippen LogP contribution in [-0.2, 0) is 42.3 Å². The van der Waals surface area contributed by atoms with E-state index in [0.29, 0.717) is 12.2 Å². The summed E-state index contributed by atoms with van der Waals surface area (Å²) < 4.78 is 31.9. The molecule has 5 N–H and O–H groups in total. The summed E-state index contributed by atoms with van der Waals surface area (Å²) in [5.74, 6) is 5.13. The van der Waals surface area contributed by atoms with Crippen LogP contribution in [0.5, 0.6) is 5.75 Å². The van der Waals surface area contributed by atoms with Crippen molar-refractivity contribution in [2.24, 2.45) is 16.8 Å². The van der Waals surface area contributed by atoms with Gasteiger partial charge in [0.15, 0.2) is 16.4 Å². The van der Waals surface area contributed by atoms with Crippen molar-refractivity contribution >= 4 is 34.3 Å². The second-order valence-electron chi connectivity index (χ2n) is 7.21. The van der Waals surface area contributed by atoms with Crippen molar-refractivity contribution in [3.63, 3.8) is 0 Å². The molecule has 0 aromatic heterocycles. The minimum absolute atomic E-state index is 0. The first kappa shape index (κ1) is 28.6. The van der Waals surface area contributed by atoms with Crippen LogP contribution in [0.3, 0.4) is 0 Å². The van der Waals surface area contributed by atoms with Gasteiger partial charge in [0, 0.05) is 49.8 Å². The van der Waals surface area contributed by atoms with E-state index in [-0.39, 0.29) is 71.3 Å². The number of amidine groups is 1. The van der Waals surface area contributed by atoms with E-state index >= 15 is 0 Å². The van der Waals surface area contributed by atoms with Crippen molar-refractivity contribution in [2.45, 2.75) is 24.6 Å². The van der Waals surface area contributed by atoms with Crippen LogP contribution in [0.1, 0.15) is 30.4 Å². The van der Waals surface area contributed by atoms with Crippen LogP contribution < -0.4 is 21.2 Å². The van der Waals surface area contributed by atoms with E-state index in [4.69, 9.17) is 10.5 Å². The first-order valence-electron chi connectivity index (χ1n) is 10.1. The zero-order valence-electron chi connectivity index (χ0n) is 18.6. The zero-order valence-corrected chi connectivity index (χ0v) is 22.3. The van der Waals surface area contributed by atoms with E-state index in [1.165, 1.54) is 31.0 Å². The molecule has 13 heteroatoms. The Morgan fingerprint density at radius 2 is 2.17 bits per heavy atom. The van der Waals surface area contributed by atoms with Crippen molar-refractivity contribution in [2.75, 3.05) is 13.7 Å². The number of hydrazone groups is 1. The number of hydrogen-bond acceptors (Lipinski definition) is 7. The number of rotatable bonds is 8. The Morgan fingerprint density at radius 1 is 1.43 bits per heavy atom. The largest absolute Gasteiger partial charge is 0.683 e. The van der Waals surface area contributed by atoms with Crippen molar-refractivity contribution in [1.82, 2.24) is 10.7 Å². The zero-order chi connectivity index (χ0) is 24.7. The summed E-state index contributed by atoms with van der Waals surface area (Å²) >= 11 is 1.18. The molecule has 183 valence electrons. The molecule has 2 amide bonds. The van der Waals surface area contributed by atoms with Crippen molar-refractivity contribution in [3.05, 3.63) is 52.7 Å². The Bertz CT molecular complexity index is 1110. The number of nitrogens with one attached hydrogen (secondary N) is 2. The van der Waals surface area contributed by atoms with Gasteiger partial charge < -0.3 is 20.9 Å². The van der Waals surface area contributed by atoms with Crippen LogP contribution in [-0.4, -0.2) is 41.1 Å². The third-order valence-corrected chi connectivity index (χ3v) is 5.50. The van der Waals surface area contributed by atoms with E-state index in [0.717, 1.165) is 25.1 Å². The number of alkyl halides is 2. The molecule has 1 aliphatic heterocycles. The number of primary amides is 1. The number of hydrogen-bond donors (Lipinski definition) is 4. The van der Waals surface area contributed by atoms with Crippen molar-refractivity contribution in [1.29, 1.82) is 0 Å². The maximum Gasteiger partial charge on any atom is 0.263 e. The second-order valence-corrected chi connectivity index (χ2v) is 8.31. The number of carbonyl (C=O) groups is 2. The number of halogens is 2. The monoisotopic (exact) mass is 579 g/mol. The smallest absolute Gasteiger partial charge is 0.263 e. The van der Waals surface area contributed by atoms with Crippen LogP contribution in [0.2, 0.25) is 0 Å². The molecular formula is C22H22F2N5O4SY-. The van der Waals surface area contributed by atoms with Gasteiger partial charge in [-0.05, 0) is 54.9 Å². The SMILES string of the molecule is COc1ccc(C(F)F)cc1C(=C/[N-]CC(N)=O)/C(=C\O)C(=O)NC1=NNC(C#CC2CC2)S1.[Y]. The molecule has 1 aromatic carbocycles. The number of thioether (sulfide) groups is 1. The van der Waals surface area contributed by atoms with Crippen LogP contribution in [0.25, 0.3) is 10.9 Å². The minimum atomic E-state index is -2.80. The van der Waals surface area contributed by atoms with Gasteiger partial charge in [0.05, 0.1) is 18.9 Å². The Labute approximate surface area is 230 Å².